The van der Waals surface area contributed by atoms with Crippen LogP contribution in [-0.4, -0.2) is 96.7 Å². The minimum atomic E-state index is -5.02. The van der Waals surface area contributed by atoms with Crippen molar-refractivity contribution in [2.45, 2.75) is 277 Å². The molecule has 0 aliphatic heterocycles. The maximum atomic E-state index is 13.1. The van der Waals surface area contributed by atoms with E-state index in [0.717, 1.165) is 173 Å². The van der Waals surface area contributed by atoms with Crippen LogP contribution in [-0.2, 0) is 65.4 Å². The Morgan fingerprint density at radius 2 is 0.548 bits per heavy atom. The molecule has 0 saturated heterocycles. The number of carbonyl (C=O) groups excluding carboxylic acids is 4. The van der Waals surface area contributed by atoms with E-state index in [4.69, 9.17) is 37.0 Å². The van der Waals surface area contributed by atoms with E-state index >= 15 is 0 Å². The van der Waals surface area contributed by atoms with Crippen molar-refractivity contribution in [1.29, 1.82) is 0 Å². The number of ether oxygens (including phenoxy) is 4. The maximum absolute atomic E-state index is 13.1. The number of allylic oxidation sites excluding steroid dienone is 31. The molecular weight excluding hydrogens is 1350 g/mol. The van der Waals surface area contributed by atoms with Gasteiger partial charge >= 0.3 is 39.5 Å². The highest BCUT2D eigenvalue weighted by molar-refractivity contribution is 7.47. The van der Waals surface area contributed by atoms with Gasteiger partial charge in [-0.1, -0.05) is 273 Å². The third-order valence-electron chi connectivity index (χ3n) is 15.0. The summed E-state index contributed by atoms with van der Waals surface area (Å²) in [7, 11) is -10.0. The largest absolute Gasteiger partial charge is 0.472 e. The number of esters is 4. The van der Waals surface area contributed by atoms with Crippen molar-refractivity contribution in [3.63, 3.8) is 0 Å². The first-order valence-electron chi connectivity index (χ1n) is 38.7. The van der Waals surface area contributed by atoms with Crippen molar-refractivity contribution in [3.05, 3.63) is 194 Å². The molecule has 5 atom stereocenters. The van der Waals surface area contributed by atoms with E-state index in [2.05, 4.69) is 186 Å². The SMILES string of the molecule is CC/C=C\C/C=C\C/C=C\C/C=C\C/C=C\CCCC(=O)OCC(COP(=O)(O)OCC(O)COP(=O)(O)OCC(COC(=O)CCCCCCCC/C=C\C/C=C\C/C=C\C/C=C\CC)OC(=O)CCCCCCC/C=C\C/C=C\CCC)OC(=O)C/C=C\C/C=C\C/C=C\C/C=C\C/C=C\CC. The van der Waals surface area contributed by atoms with Crippen LogP contribution in [0.15, 0.2) is 194 Å². The third kappa shape index (κ3) is 74.2. The lowest BCUT2D eigenvalue weighted by Crippen LogP contribution is -2.30. The van der Waals surface area contributed by atoms with Crippen LogP contribution in [0.4, 0.5) is 0 Å². The Kier molecular flexibility index (Phi) is 70.7. The summed E-state index contributed by atoms with van der Waals surface area (Å²) < 4.78 is 68.3. The van der Waals surface area contributed by atoms with Crippen molar-refractivity contribution in [2.75, 3.05) is 39.6 Å². The first-order chi connectivity index (χ1) is 50.7. The van der Waals surface area contributed by atoms with Gasteiger partial charge in [-0.15, -0.1) is 0 Å². The van der Waals surface area contributed by atoms with Crippen LogP contribution >= 0.6 is 15.6 Å². The van der Waals surface area contributed by atoms with Crippen molar-refractivity contribution >= 4 is 39.5 Å². The zero-order valence-electron chi connectivity index (χ0n) is 63.9. The quantitative estimate of drug-likeness (QED) is 0.0169. The fourth-order valence-corrected chi connectivity index (χ4v) is 10.9. The van der Waals surface area contributed by atoms with E-state index in [-0.39, 0.29) is 25.7 Å². The lowest BCUT2D eigenvalue weighted by molar-refractivity contribution is -0.161. The molecule has 104 heavy (non-hydrogen) atoms. The fourth-order valence-electron chi connectivity index (χ4n) is 9.30. The van der Waals surface area contributed by atoms with Gasteiger partial charge in [0.2, 0.25) is 0 Å². The predicted molar refractivity (Wildman–Crippen MR) is 426 cm³/mol. The van der Waals surface area contributed by atoms with E-state index in [1.807, 2.05) is 24.3 Å². The monoisotopic (exact) mass is 1490 g/mol. The van der Waals surface area contributed by atoms with Gasteiger partial charge in [-0.3, -0.25) is 37.3 Å². The molecule has 0 bridgehead atoms. The van der Waals surface area contributed by atoms with E-state index in [0.29, 0.717) is 32.1 Å². The normalized spacial score (nSPS) is 15.0. The number of phosphoric ester groups is 2. The van der Waals surface area contributed by atoms with E-state index in [1.165, 1.54) is 0 Å². The number of aliphatic hydroxyl groups excluding tert-OH is 1. The Morgan fingerprint density at radius 1 is 0.288 bits per heavy atom. The van der Waals surface area contributed by atoms with Gasteiger partial charge in [-0.05, 0) is 154 Å². The summed E-state index contributed by atoms with van der Waals surface area (Å²) in [4.78, 5) is 72.9. The summed E-state index contributed by atoms with van der Waals surface area (Å²) in [5.41, 5.74) is 0. The predicted octanol–water partition coefficient (Wildman–Crippen LogP) is 22.5. The summed E-state index contributed by atoms with van der Waals surface area (Å²) in [5, 5.41) is 10.6. The zero-order valence-corrected chi connectivity index (χ0v) is 65.6. The second-order valence-corrected chi connectivity index (χ2v) is 27.7. The number of rotatable bonds is 70. The molecule has 0 aromatic heterocycles. The molecule has 5 unspecified atom stereocenters. The van der Waals surface area contributed by atoms with E-state index < -0.39 is 97.5 Å². The molecule has 0 aliphatic rings. The molecule has 0 spiro atoms. The number of aliphatic hydroxyl groups is 1. The number of phosphoric acid groups is 2. The Morgan fingerprint density at radius 3 is 0.894 bits per heavy atom. The molecule has 19 heteroatoms. The maximum Gasteiger partial charge on any atom is 0.472 e. The summed E-state index contributed by atoms with van der Waals surface area (Å²) in [6, 6.07) is 0. The highest BCUT2D eigenvalue weighted by atomic mass is 31.2. The molecule has 0 radical (unpaired) electrons. The molecule has 0 aromatic rings. The smallest absolute Gasteiger partial charge is 0.462 e. The summed E-state index contributed by atoms with van der Waals surface area (Å²) >= 11 is 0. The fraction of sp³-hybridized carbons (Fsp3) is 0.576. The standard InChI is InChI=1S/C85H134O17P2/c1-5-9-13-17-21-25-29-33-36-38-39-41-44-47-50-54-58-62-66-70-83(88)95-75-80(101-84(89)71-67-63-59-55-51-45-32-28-24-20-16-12-8-4)77-99-103(91,92)97-73-79(86)74-98-104(93,94)100-78-81(102-85(90)72-68-64-60-56-52-48-42-35-31-27-23-19-15-11-7-3)76-96-82(87)69-65-61-57-53-49-46-43-40-37-34-30-26-22-18-14-10-6-2/h9-11,13-16,20-23,25-28,32-37,39,41-43,46,52-53,56-57,64,68,79-81,86H,5-8,12,17-19,24,29-31,38,40,44-45,47-51,54-55,58-63,65-67,69-78H2,1-4H3,(H,91,92)(H,93,94)/b13-9-,14-10-,15-11-,20-16-,25-21-,26-22-,27-23-,32-28-,36-33-,37-34-,41-39-,42-35-,46-43-,56-52-,57-53-,68-64-. The first-order valence-corrected chi connectivity index (χ1v) is 41.7. The Hall–Kier alpha value is -6.10. The summed E-state index contributed by atoms with van der Waals surface area (Å²) in [6.07, 6.45) is 91.7. The minimum absolute atomic E-state index is 0.0555. The van der Waals surface area contributed by atoms with Crippen molar-refractivity contribution in [1.82, 2.24) is 0 Å². The van der Waals surface area contributed by atoms with Gasteiger partial charge in [0.15, 0.2) is 12.2 Å². The highest BCUT2D eigenvalue weighted by Gasteiger charge is 2.30. The molecular formula is C85H134O17P2. The molecule has 0 aromatic carbocycles. The minimum Gasteiger partial charge on any atom is -0.462 e. The molecule has 586 valence electrons. The lowest BCUT2D eigenvalue weighted by atomic mass is 10.1. The van der Waals surface area contributed by atoms with Crippen molar-refractivity contribution < 1.29 is 80.2 Å². The molecule has 0 aliphatic carbocycles. The van der Waals surface area contributed by atoms with Crippen molar-refractivity contribution in [2.24, 2.45) is 0 Å². The number of carbonyl (C=O) groups is 4. The lowest BCUT2D eigenvalue weighted by Gasteiger charge is -2.21. The Labute approximate surface area is 627 Å². The first kappa shape index (κ1) is 97.9. The van der Waals surface area contributed by atoms with Gasteiger partial charge in [-0.2, -0.15) is 0 Å². The second kappa shape index (κ2) is 75.1. The van der Waals surface area contributed by atoms with E-state index in [9.17, 15) is 43.2 Å². The van der Waals surface area contributed by atoms with Crippen molar-refractivity contribution in [3.8, 4) is 0 Å². The van der Waals surface area contributed by atoms with Crippen LogP contribution in [0.1, 0.15) is 259 Å². The average Bonchev–Trinajstić information content (AvgIpc) is 0.939. The van der Waals surface area contributed by atoms with Crippen LogP contribution in [0.25, 0.3) is 0 Å². The van der Waals surface area contributed by atoms with Gasteiger partial charge < -0.3 is 33.8 Å². The number of unbranched alkanes of at least 4 members (excludes halogenated alkanes) is 13. The summed E-state index contributed by atoms with van der Waals surface area (Å²) in [6.45, 7) is 4.21. The van der Waals surface area contributed by atoms with Crippen LogP contribution in [0.2, 0.25) is 0 Å². The van der Waals surface area contributed by atoms with Gasteiger partial charge in [-0.25, -0.2) is 9.13 Å². The van der Waals surface area contributed by atoms with Gasteiger partial charge in [0.25, 0.3) is 0 Å². The highest BCUT2D eigenvalue weighted by Crippen LogP contribution is 2.45. The number of hydrogen-bond acceptors (Lipinski definition) is 15. The van der Waals surface area contributed by atoms with Gasteiger partial charge in [0.1, 0.15) is 19.3 Å². The molecule has 0 saturated carbocycles. The Balaban J connectivity index is 5.50. The van der Waals surface area contributed by atoms with E-state index in [1.54, 1.807) is 12.2 Å². The average molecular weight is 1490 g/mol. The molecule has 3 N–H and O–H groups in total. The van der Waals surface area contributed by atoms with Crippen LogP contribution < -0.4 is 0 Å². The molecule has 0 amide bonds. The topological polar surface area (TPSA) is 237 Å². The van der Waals surface area contributed by atoms with Gasteiger partial charge in [0.05, 0.1) is 32.8 Å². The molecule has 17 nitrogen and oxygen atoms in total. The zero-order chi connectivity index (χ0) is 76.0. The number of hydrogen-bond donors (Lipinski definition) is 3. The van der Waals surface area contributed by atoms with Crippen LogP contribution in [0.3, 0.4) is 0 Å². The van der Waals surface area contributed by atoms with Crippen LogP contribution in [0.5, 0.6) is 0 Å². The third-order valence-corrected chi connectivity index (χ3v) is 17.0. The molecule has 0 heterocycles. The molecule has 0 fully saturated rings. The van der Waals surface area contributed by atoms with Gasteiger partial charge in [0, 0.05) is 19.3 Å². The second-order valence-electron chi connectivity index (χ2n) is 24.8. The Bertz CT molecular complexity index is 2740. The van der Waals surface area contributed by atoms with Crippen LogP contribution in [0, 0.1) is 0 Å². The molecule has 0 rings (SSSR count). The summed E-state index contributed by atoms with van der Waals surface area (Å²) in [5.74, 6) is -2.45.